The van der Waals surface area contributed by atoms with Crippen molar-refractivity contribution >= 4 is 16.5 Å². The molecular formula is C18H15N. The molecule has 92 valence electrons. The van der Waals surface area contributed by atoms with Crippen molar-refractivity contribution in [2.24, 2.45) is 0 Å². The predicted molar refractivity (Wildman–Crippen MR) is 80.3 cm³/mol. The molecule has 4 rings (SSSR count). The third-order valence-electron chi connectivity index (χ3n) is 4.10. The average molecular weight is 245 g/mol. The van der Waals surface area contributed by atoms with Crippen LogP contribution >= 0.6 is 0 Å². The van der Waals surface area contributed by atoms with Gasteiger partial charge >= 0.3 is 0 Å². The molecule has 0 saturated heterocycles. The van der Waals surface area contributed by atoms with Gasteiger partial charge in [-0.3, -0.25) is 0 Å². The van der Waals surface area contributed by atoms with Crippen LogP contribution in [0.5, 0.6) is 0 Å². The number of hydrogen-bond acceptors (Lipinski definition) is 0. The van der Waals surface area contributed by atoms with Crippen LogP contribution in [0, 0.1) is 0 Å². The number of benzene rings is 2. The maximum atomic E-state index is 4.32. The Hall–Kier alpha value is -2.28. The number of rotatable bonds is 0. The molecule has 0 spiro atoms. The summed E-state index contributed by atoms with van der Waals surface area (Å²) in [6.45, 7) is 4.32. The van der Waals surface area contributed by atoms with Crippen molar-refractivity contribution < 1.29 is 0 Å². The summed E-state index contributed by atoms with van der Waals surface area (Å²) in [4.78, 5) is 3.55. The van der Waals surface area contributed by atoms with Crippen molar-refractivity contribution in [3.05, 3.63) is 77.5 Å². The lowest BCUT2D eigenvalue weighted by atomic mass is 9.99. The van der Waals surface area contributed by atoms with Crippen LogP contribution in [-0.4, -0.2) is 4.98 Å². The maximum Gasteiger partial charge on any atom is 0.0497 e. The number of aryl methyl sites for hydroxylation is 2. The number of nitrogens with one attached hydrogen (secondary N) is 1. The Balaban J connectivity index is 2.01. The molecule has 1 heterocycles. The Kier molecular flexibility index (Phi) is 2.16. The Labute approximate surface area is 112 Å². The third kappa shape index (κ3) is 1.48. The van der Waals surface area contributed by atoms with Gasteiger partial charge < -0.3 is 4.98 Å². The van der Waals surface area contributed by atoms with Crippen LogP contribution in [0.1, 0.15) is 22.4 Å². The first kappa shape index (κ1) is 10.6. The standard InChI is InChI=1S/C18H15N/c1-12-14-7-3-2-6-13(14)10-11-16-15-8-4-5-9-17(15)19-18(12)16/h2-9,19H,1,10-11H2. The Morgan fingerprint density at radius 3 is 2.63 bits per heavy atom. The second-order valence-electron chi connectivity index (χ2n) is 5.16. The molecule has 0 aliphatic heterocycles. The summed E-state index contributed by atoms with van der Waals surface area (Å²) >= 11 is 0. The van der Waals surface area contributed by atoms with Gasteiger partial charge in [0.1, 0.15) is 0 Å². The summed E-state index contributed by atoms with van der Waals surface area (Å²) in [5.41, 5.74) is 7.66. The first-order valence-corrected chi connectivity index (χ1v) is 6.72. The van der Waals surface area contributed by atoms with Gasteiger partial charge in [0.15, 0.2) is 0 Å². The number of aromatic nitrogens is 1. The lowest BCUT2D eigenvalue weighted by molar-refractivity contribution is 0.973. The molecule has 19 heavy (non-hydrogen) atoms. The number of fused-ring (bicyclic) bond motifs is 4. The number of aromatic amines is 1. The first-order chi connectivity index (χ1) is 9.34. The van der Waals surface area contributed by atoms with Crippen molar-refractivity contribution in [1.82, 2.24) is 4.98 Å². The fourth-order valence-electron chi connectivity index (χ4n) is 3.14. The van der Waals surface area contributed by atoms with E-state index < -0.39 is 0 Å². The van der Waals surface area contributed by atoms with Crippen molar-refractivity contribution in [3.63, 3.8) is 0 Å². The van der Waals surface area contributed by atoms with Crippen LogP contribution < -0.4 is 0 Å². The summed E-state index contributed by atoms with van der Waals surface area (Å²) in [6.07, 6.45) is 2.17. The summed E-state index contributed by atoms with van der Waals surface area (Å²) in [5, 5.41) is 1.34. The van der Waals surface area contributed by atoms with Gasteiger partial charge in [-0.25, -0.2) is 0 Å². The van der Waals surface area contributed by atoms with E-state index in [1.807, 2.05) is 0 Å². The van der Waals surface area contributed by atoms with Crippen LogP contribution in [0.3, 0.4) is 0 Å². The summed E-state index contributed by atoms with van der Waals surface area (Å²) < 4.78 is 0. The van der Waals surface area contributed by atoms with Crippen LogP contribution in [0.4, 0.5) is 0 Å². The zero-order chi connectivity index (χ0) is 12.8. The second-order valence-corrected chi connectivity index (χ2v) is 5.16. The van der Waals surface area contributed by atoms with E-state index in [4.69, 9.17) is 0 Å². The van der Waals surface area contributed by atoms with Crippen LogP contribution in [-0.2, 0) is 12.8 Å². The molecule has 0 unspecified atom stereocenters. The summed E-state index contributed by atoms with van der Waals surface area (Å²) in [6, 6.07) is 17.1. The minimum Gasteiger partial charge on any atom is -0.354 e. The fraction of sp³-hybridized carbons (Fsp3) is 0.111. The smallest absolute Gasteiger partial charge is 0.0497 e. The highest BCUT2D eigenvalue weighted by Gasteiger charge is 2.19. The average Bonchev–Trinajstić information content (AvgIpc) is 2.77. The predicted octanol–water partition coefficient (Wildman–Crippen LogP) is 4.33. The molecule has 1 heteroatoms. The molecule has 0 saturated carbocycles. The minimum absolute atomic E-state index is 1.08. The molecule has 1 aliphatic rings. The molecule has 2 aromatic carbocycles. The maximum absolute atomic E-state index is 4.32. The van der Waals surface area contributed by atoms with Crippen molar-refractivity contribution in [2.45, 2.75) is 12.8 Å². The summed E-state index contributed by atoms with van der Waals surface area (Å²) in [7, 11) is 0. The Bertz CT molecular complexity index is 792. The SMILES string of the molecule is C=C1c2ccccc2CCc2c1[nH]c1ccccc21. The quantitative estimate of drug-likeness (QED) is 0.607. The van der Waals surface area contributed by atoms with Crippen LogP contribution in [0.25, 0.3) is 16.5 Å². The van der Waals surface area contributed by atoms with Crippen LogP contribution in [0.2, 0.25) is 0 Å². The van der Waals surface area contributed by atoms with Gasteiger partial charge in [0.2, 0.25) is 0 Å². The molecular weight excluding hydrogens is 230 g/mol. The number of H-pyrrole nitrogens is 1. The lowest BCUT2D eigenvalue weighted by Gasteiger charge is -2.06. The minimum atomic E-state index is 1.08. The van der Waals surface area contributed by atoms with Crippen molar-refractivity contribution in [2.75, 3.05) is 0 Å². The zero-order valence-electron chi connectivity index (χ0n) is 10.7. The summed E-state index contributed by atoms with van der Waals surface area (Å²) in [5.74, 6) is 0. The van der Waals surface area contributed by atoms with E-state index >= 15 is 0 Å². The van der Waals surface area contributed by atoms with Gasteiger partial charge in [0.25, 0.3) is 0 Å². The molecule has 0 bridgehead atoms. The Morgan fingerprint density at radius 1 is 0.895 bits per heavy atom. The number of para-hydroxylation sites is 1. The van der Waals surface area contributed by atoms with E-state index in [0.717, 1.165) is 18.4 Å². The molecule has 1 nitrogen and oxygen atoms in total. The van der Waals surface area contributed by atoms with E-state index in [1.54, 1.807) is 0 Å². The van der Waals surface area contributed by atoms with E-state index in [2.05, 4.69) is 60.1 Å². The van der Waals surface area contributed by atoms with Crippen molar-refractivity contribution in [1.29, 1.82) is 0 Å². The number of hydrogen-bond donors (Lipinski definition) is 1. The normalized spacial score (nSPS) is 14.0. The monoisotopic (exact) mass is 245 g/mol. The van der Waals surface area contributed by atoms with Gasteiger partial charge in [-0.2, -0.15) is 0 Å². The topological polar surface area (TPSA) is 15.8 Å². The van der Waals surface area contributed by atoms with E-state index in [1.165, 1.54) is 33.3 Å². The van der Waals surface area contributed by atoms with Crippen LogP contribution in [0.15, 0.2) is 55.1 Å². The fourth-order valence-corrected chi connectivity index (χ4v) is 3.14. The second kappa shape index (κ2) is 3.86. The highest BCUT2D eigenvalue weighted by Crippen LogP contribution is 2.35. The molecule has 0 amide bonds. The van der Waals surface area contributed by atoms with E-state index in [0.29, 0.717) is 0 Å². The van der Waals surface area contributed by atoms with Gasteiger partial charge in [0.05, 0.1) is 0 Å². The molecule has 0 radical (unpaired) electrons. The van der Waals surface area contributed by atoms with E-state index in [-0.39, 0.29) is 0 Å². The molecule has 0 fully saturated rings. The first-order valence-electron chi connectivity index (χ1n) is 6.72. The van der Waals surface area contributed by atoms with Gasteiger partial charge in [0, 0.05) is 16.6 Å². The van der Waals surface area contributed by atoms with Gasteiger partial charge in [-0.1, -0.05) is 49.0 Å². The zero-order valence-corrected chi connectivity index (χ0v) is 10.7. The van der Waals surface area contributed by atoms with Gasteiger partial charge in [-0.05, 0) is 41.2 Å². The molecule has 0 atom stereocenters. The highest BCUT2D eigenvalue weighted by atomic mass is 14.7. The molecule has 1 N–H and O–H groups in total. The third-order valence-corrected chi connectivity index (χ3v) is 4.10. The van der Waals surface area contributed by atoms with Gasteiger partial charge in [-0.15, -0.1) is 0 Å². The lowest BCUT2D eigenvalue weighted by Crippen LogP contribution is -1.91. The highest BCUT2D eigenvalue weighted by molar-refractivity contribution is 5.93. The largest absolute Gasteiger partial charge is 0.354 e. The van der Waals surface area contributed by atoms with E-state index in [9.17, 15) is 0 Å². The molecule has 1 aromatic heterocycles. The molecule has 1 aliphatic carbocycles. The van der Waals surface area contributed by atoms with Crippen molar-refractivity contribution in [3.8, 4) is 0 Å². The molecule has 3 aromatic rings. The Morgan fingerprint density at radius 2 is 1.68 bits per heavy atom.